The fourth-order valence-electron chi connectivity index (χ4n) is 9.44. The first-order valence-corrected chi connectivity index (χ1v) is 23.7. The number of allylic oxidation sites excluding steroid dienone is 4. The van der Waals surface area contributed by atoms with Gasteiger partial charge in [-0.1, -0.05) is 84.9 Å². The minimum Gasteiger partial charge on any atom is -0.466 e. The van der Waals surface area contributed by atoms with Crippen LogP contribution in [0.3, 0.4) is 0 Å². The molecular formula is C55H57N5O13. The molecular weight excluding hydrogens is 939 g/mol. The first-order chi connectivity index (χ1) is 35.1. The Bertz CT molecular complexity index is 2940. The van der Waals surface area contributed by atoms with E-state index in [4.69, 9.17) is 23.7 Å². The minimum absolute atomic E-state index is 0.0395. The highest BCUT2D eigenvalue weighted by Crippen LogP contribution is 2.42. The zero-order valence-electron chi connectivity index (χ0n) is 41.2. The summed E-state index contributed by atoms with van der Waals surface area (Å²) in [5, 5.41) is 29.8. The Kier molecular flexibility index (Phi) is 17.5. The molecule has 0 aromatic heterocycles. The zero-order valence-corrected chi connectivity index (χ0v) is 41.2. The summed E-state index contributed by atoms with van der Waals surface area (Å²) in [5.41, 5.74) is 5.40. The summed E-state index contributed by atoms with van der Waals surface area (Å²) in [6.07, 6.45) is 4.40. The third-order valence-electron chi connectivity index (χ3n) is 12.7. The van der Waals surface area contributed by atoms with Crippen molar-refractivity contribution in [3.05, 3.63) is 202 Å². The lowest BCUT2D eigenvalue weighted by molar-refractivity contribution is -0.385. The molecule has 2 unspecified atom stereocenters. The van der Waals surface area contributed by atoms with E-state index in [0.29, 0.717) is 53.4 Å². The molecule has 18 heteroatoms. The van der Waals surface area contributed by atoms with Crippen LogP contribution < -0.4 is 10.6 Å². The maximum Gasteiger partial charge on any atom is 0.337 e. The molecule has 73 heavy (non-hydrogen) atoms. The third-order valence-corrected chi connectivity index (χ3v) is 12.7. The van der Waals surface area contributed by atoms with Crippen LogP contribution in [-0.4, -0.2) is 84.7 Å². The van der Waals surface area contributed by atoms with Gasteiger partial charge in [-0.05, 0) is 81.0 Å². The number of benzene rings is 4. The van der Waals surface area contributed by atoms with Gasteiger partial charge in [-0.2, -0.15) is 0 Å². The Hall–Kier alpha value is -8.22. The SMILES string of the molecule is COC(=O)C1=C(C)NC(C)=C(C(=O)O[C@H]2CCCN(Cc3cccc(COCCOC(=O)C4=C(C)NC(C)=C(C(=O)OC/C=C/c5ccccc5)C4c4cccc([N+](=O)[O-])c4)c3)C2)C1c1cccc([N+](=O)[O-])c1. The van der Waals surface area contributed by atoms with E-state index in [1.54, 1.807) is 45.9 Å². The van der Waals surface area contributed by atoms with E-state index >= 15 is 0 Å². The fraction of sp³-hybridized carbons (Fsp3) is 0.309. The predicted octanol–water partition coefficient (Wildman–Crippen LogP) is 8.37. The molecule has 3 heterocycles. The second-order valence-electron chi connectivity index (χ2n) is 17.8. The van der Waals surface area contributed by atoms with Crippen molar-refractivity contribution in [1.29, 1.82) is 0 Å². The summed E-state index contributed by atoms with van der Waals surface area (Å²) in [4.78, 5) is 79.6. The molecule has 0 bridgehead atoms. The molecule has 0 saturated carbocycles. The maximum atomic E-state index is 14.1. The average Bonchev–Trinajstić information content (AvgIpc) is 3.37. The first-order valence-electron chi connectivity index (χ1n) is 23.7. The van der Waals surface area contributed by atoms with Crippen LogP contribution in [0.2, 0.25) is 0 Å². The van der Waals surface area contributed by atoms with Crippen molar-refractivity contribution in [2.75, 3.05) is 40.0 Å². The van der Waals surface area contributed by atoms with Crippen molar-refractivity contribution in [1.82, 2.24) is 15.5 Å². The highest BCUT2D eigenvalue weighted by Gasteiger charge is 2.41. The Morgan fingerprint density at radius 1 is 0.658 bits per heavy atom. The van der Waals surface area contributed by atoms with Crippen LogP contribution in [0.25, 0.3) is 6.08 Å². The Morgan fingerprint density at radius 3 is 1.79 bits per heavy atom. The van der Waals surface area contributed by atoms with E-state index in [-0.39, 0.29) is 60.1 Å². The van der Waals surface area contributed by atoms with E-state index in [2.05, 4.69) is 15.5 Å². The van der Waals surface area contributed by atoms with E-state index in [9.17, 15) is 39.4 Å². The van der Waals surface area contributed by atoms with Crippen LogP contribution in [-0.2, 0) is 56.0 Å². The van der Waals surface area contributed by atoms with Crippen LogP contribution in [0.1, 0.15) is 80.2 Å². The molecule has 18 nitrogen and oxygen atoms in total. The van der Waals surface area contributed by atoms with E-state index in [1.807, 2.05) is 60.7 Å². The van der Waals surface area contributed by atoms with Crippen molar-refractivity contribution >= 4 is 41.3 Å². The summed E-state index contributed by atoms with van der Waals surface area (Å²) in [5.74, 6) is -4.77. The van der Waals surface area contributed by atoms with Gasteiger partial charge >= 0.3 is 23.9 Å². The number of nitrogens with one attached hydrogen (secondary N) is 2. The van der Waals surface area contributed by atoms with Crippen LogP contribution >= 0.6 is 0 Å². The number of hydrogen-bond acceptors (Lipinski definition) is 16. The van der Waals surface area contributed by atoms with Gasteiger partial charge in [0.1, 0.15) is 19.3 Å². The third kappa shape index (κ3) is 13.0. The number of non-ortho nitro benzene ring substituents is 2. The van der Waals surface area contributed by atoms with Crippen molar-refractivity contribution in [3.63, 3.8) is 0 Å². The van der Waals surface area contributed by atoms with Gasteiger partial charge in [-0.25, -0.2) is 19.2 Å². The number of likely N-dealkylation sites (tertiary alicyclic amines) is 1. The lowest BCUT2D eigenvalue weighted by Gasteiger charge is -2.34. The smallest absolute Gasteiger partial charge is 0.337 e. The topological polar surface area (TPSA) is 228 Å². The van der Waals surface area contributed by atoms with Crippen LogP contribution in [0, 0.1) is 20.2 Å². The van der Waals surface area contributed by atoms with Crippen molar-refractivity contribution < 1.29 is 52.7 Å². The number of piperidine rings is 1. The lowest BCUT2D eigenvalue weighted by atomic mass is 9.80. The number of carbonyl (C=O) groups is 4. The van der Waals surface area contributed by atoms with E-state index in [0.717, 1.165) is 29.7 Å². The molecule has 0 amide bonds. The molecule has 4 aromatic carbocycles. The van der Waals surface area contributed by atoms with Crippen LogP contribution in [0.5, 0.6) is 0 Å². The number of methoxy groups -OCH3 is 1. The molecule has 1 saturated heterocycles. The molecule has 3 atom stereocenters. The minimum atomic E-state index is -1.04. The second-order valence-corrected chi connectivity index (χ2v) is 17.8. The number of esters is 4. The lowest BCUT2D eigenvalue weighted by Crippen LogP contribution is -2.41. The van der Waals surface area contributed by atoms with Crippen molar-refractivity contribution in [2.24, 2.45) is 0 Å². The van der Waals surface area contributed by atoms with Crippen molar-refractivity contribution in [3.8, 4) is 0 Å². The molecule has 7 rings (SSSR count). The quantitative estimate of drug-likeness (QED) is 0.0296. The van der Waals surface area contributed by atoms with Gasteiger partial charge in [-0.15, -0.1) is 0 Å². The van der Waals surface area contributed by atoms with Crippen LogP contribution in [0.15, 0.2) is 154 Å². The number of nitrogens with zero attached hydrogens (tertiary/aromatic N) is 3. The summed E-state index contributed by atoms with van der Waals surface area (Å²) in [7, 11) is 1.23. The average molecular weight is 996 g/mol. The zero-order chi connectivity index (χ0) is 52.2. The molecule has 3 aliphatic rings. The summed E-state index contributed by atoms with van der Waals surface area (Å²) in [6.45, 7) is 8.53. The number of nitro benzene ring substituents is 2. The molecule has 0 aliphatic carbocycles. The molecule has 0 radical (unpaired) electrons. The highest BCUT2D eigenvalue weighted by atomic mass is 16.6. The maximum absolute atomic E-state index is 14.1. The molecule has 4 aromatic rings. The molecule has 2 N–H and O–H groups in total. The number of carbonyl (C=O) groups excluding carboxylic acids is 4. The molecule has 3 aliphatic heterocycles. The first kappa shape index (κ1) is 52.6. The van der Waals surface area contributed by atoms with E-state index < -0.39 is 51.7 Å². The van der Waals surface area contributed by atoms with Crippen LogP contribution in [0.4, 0.5) is 11.4 Å². The highest BCUT2D eigenvalue weighted by molar-refractivity contribution is 6.01. The number of nitro groups is 2. The summed E-state index contributed by atoms with van der Waals surface area (Å²) < 4.78 is 28.6. The van der Waals surface area contributed by atoms with Gasteiger partial charge in [-0.3, -0.25) is 25.1 Å². The summed E-state index contributed by atoms with van der Waals surface area (Å²) in [6, 6.07) is 28.9. The standard InChI is InChI=1S/C55H57N5O13/c1-34-46(52(61)69-5)50(41-19-10-21-43(29-41)59(65)66)49(37(4)56-34)55(64)73-45-23-12-24-58(32-45)31-39-16-9-17-40(28-39)33-70-26-27-72-54(63)48-36(3)57-35(2)47(51(48)42-20-11-22-44(30-42)60(67)68)53(62)71-25-13-18-38-14-7-6-8-15-38/h6-11,13-22,28-30,45,50-51,56-57H,12,23-27,31-33H2,1-5H3/b18-13+/t45-,50?,51?/m0/s1. The normalized spacial score (nSPS) is 18.2. The van der Waals surface area contributed by atoms with Crippen molar-refractivity contribution in [2.45, 2.75) is 71.6 Å². The Labute approximate surface area is 422 Å². The molecule has 380 valence electrons. The number of dihydropyridines is 2. The van der Waals surface area contributed by atoms with Gasteiger partial charge in [0, 0.05) is 60.1 Å². The van der Waals surface area contributed by atoms with E-state index in [1.165, 1.54) is 43.5 Å². The number of rotatable bonds is 19. The monoisotopic (exact) mass is 995 g/mol. The molecule has 0 spiro atoms. The summed E-state index contributed by atoms with van der Waals surface area (Å²) >= 11 is 0. The van der Waals surface area contributed by atoms with Gasteiger partial charge in [0.05, 0.1) is 64.3 Å². The van der Waals surface area contributed by atoms with Gasteiger partial charge in [0.15, 0.2) is 0 Å². The Morgan fingerprint density at radius 2 is 1.21 bits per heavy atom. The number of ether oxygens (including phenoxy) is 5. The largest absolute Gasteiger partial charge is 0.466 e. The van der Waals surface area contributed by atoms with Gasteiger partial charge in [0.2, 0.25) is 0 Å². The second kappa shape index (κ2) is 24.3. The number of hydrogen-bond donors (Lipinski definition) is 2. The Balaban J connectivity index is 0.949. The van der Waals surface area contributed by atoms with Gasteiger partial charge < -0.3 is 34.3 Å². The fourth-order valence-corrected chi connectivity index (χ4v) is 9.44. The predicted molar refractivity (Wildman–Crippen MR) is 269 cm³/mol. The molecule has 1 fully saturated rings. The van der Waals surface area contributed by atoms with Gasteiger partial charge in [0.25, 0.3) is 11.4 Å².